The fourth-order valence-electron chi connectivity index (χ4n) is 7.46. The summed E-state index contributed by atoms with van der Waals surface area (Å²) in [6, 6.07) is -1.06. The summed E-state index contributed by atoms with van der Waals surface area (Å²) in [7, 11) is 1.12. The van der Waals surface area contributed by atoms with Crippen molar-refractivity contribution in [2.45, 2.75) is 251 Å². The Balaban J connectivity index is 4.29. The molecule has 0 rings (SSSR count). The number of carbonyl (C=O) groups is 1. The van der Waals surface area contributed by atoms with Crippen LogP contribution in [0.25, 0.3) is 0 Å². The zero-order chi connectivity index (χ0) is 43.9. The molecule has 10 heteroatoms. The second-order valence-electron chi connectivity index (χ2n) is 19.2. The third-order valence-corrected chi connectivity index (χ3v) is 12.5. The molecule has 59 heavy (non-hydrogen) atoms. The molecule has 0 aromatic carbocycles. The van der Waals surface area contributed by atoms with Crippen LogP contribution in [0.2, 0.25) is 0 Å². The summed E-state index contributed by atoms with van der Waals surface area (Å²) < 4.78 is 23.1. The molecule has 0 aromatic heterocycles. The van der Waals surface area contributed by atoms with Gasteiger partial charge in [0, 0.05) is 0 Å². The highest BCUT2D eigenvalue weighted by molar-refractivity contribution is 7.45. The minimum atomic E-state index is -4.66. The number of unbranched alkanes of at least 4 members (excludes halogenated alkanes) is 29. The molecule has 0 fully saturated rings. The standard InChI is InChI=1S/C49H99N2O7P/c1-7-8-9-10-11-12-13-14-15-16-17-18-19-20-21-22-23-24-25-28-32-35-38-41-48(53)49(54)50-46(44-58-59(55,56)57-43-42-51(4,5)6)47(52)40-37-34-31-29-26-27-30-33-36-39-45(2)3/h37,40,45-48,52-53H,7-36,38-39,41-44H2,1-6H3,(H-,50,54,55,56)/b40-37+/t46-,47+,48?/m0/s1. The highest BCUT2D eigenvalue weighted by Gasteiger charge is 2.26. The third-order valence-electron chi connectivity index (χ3n) is 11.5. The Labute approximate surface area is 365 Å². The average molecular weight is 859 g/mol. The molecule has 0 aliphatic carbocycles. The number of aliphatic hydroxyl groups is 2. The van der Waals surface area contributed by atoms with Gasteiger partial charge in [0.05, 0.1) is 39.9 Å². The largest absolute Gasteiger partial charge is 0.756 e. The Morgan fingerprint density at radius 3 is 1.42 bits per heavy atom. The van der Waals surface area contributed by atoms with Gasteiger partial charge >= 0.3 is 0 Å². The Hall–Kier alpha value is -0.800. The molecular weight excluding hydrogens is 760 g/mol. The van der Waals surface area contributed by atoms with Crippen LogP contribution in [-0.4, -0.2) is 79.8 Å². The second-order valence-corrected chi connectivity index (χ2v) is 20.6. The van der Waals surface area contributed by atoms with Gasteiger partial charge in [-0.3, -0.25) is 9.36 Å². The molecule has 0 aliphatic heterocycles. The maximum atomic E-state index is 13.0. The maximum Gasteiger partial charge on any atom is 0.268 e. The van der Waals surface area contributed by atoms with E-state index in [9.17, 15) is 24.5 Å². The molecule has 0 spiro atoms. The van der Waals surface area contributed by atoms with Gasteiger partial charge in [-0.15, -0.1) is 0 Å². The lowest BCUT2D eigenvalue weighted by molar-refractivity contribution is -0.870. The van der Waals surface area contributed by atoms with Crippen molar-refractivity contribution in [1.29, 1.82) is 0 Å². The first-order chi connectivity index (χ1) is 28.3. The first-order valence-corrected chi connectivity index (χ1v) is 26.5. The van der Waals surface area contributed by atoms with Gasteiger partial charge in [-0.2, -0.15) is 0 Å². The van der Waals surface area contributed by atoms with Gasteiger partial charge in [-0.1, -0.05) is 226 Å². The molecule has 0 bridgehead atoms. The van der Waals surface area contributed by atoms with E-state index in [-0.39, 0.29) is 6.61 Å². The summed E-state index contributed by atoms with van der Waals surface area (Å²) in [6.45, 7) is 6.75. The Kier molecular flexibility index (Phi) is 39.5. The van der Waals surface area contributed by atoms with Gasteiger partial charge in [0.15, 0.2) is 0 Å². The summed E-state index contributed by atoms with van der Waals surface area (Å²) >= 11 is 0. The summed E-state index contributed by atoms with van der Waals surface area (Å²) in [4.78, 5) is 25.4. The van der Waals surface area contributed by atoms with Crippen molar-refractivity contribution in [2.75, 3.05) is 40.9 Å². The van der Waals surface area contributed by atoms with E-state index >= 15 is 0 Å². The van der Waals surface area contributed by atoms with Crippen molar-refractivity contribution < 1.29 is 38.0 Å². The van der Waals surface area contributed by atoms with Crippen LogP contribution in [0.3, 0.4) is 0 Å². The van der Waals surface area contributed by atoms with Crippen molar-refractivity contribution in [2.24, 2.45) is 5.92 Å². The van der Waals surface area contributed by atoms with E-state index in [2.05, 4.69) is 26.1 Å². The van der Waals surface area contributed by atoms with Crippen LogP contribution < -0.4 is 10.2 Å². The van der Waals surface area contributed by atoms with E-state index in [1.54, 1.807) is 6.08 Å². The minimum Gasteiger partial charge on any atom is -0.756 e. The number of hydrogen-bond acceptors (Lipinski definition) is 7. The first kappa shape index (κ1) is 58.2. The number of phosphoric ester groups is 1. The number of aliphatic hydroxyl groups excluding tert-OH is 2. The van der Waals surface area contributed by atoms with Crippen LogP contribution in [-0.2, 0) is 18.4 Å². The highest BCUT2D eigenvalue weighted by Crippen LogP contribution is 2.38. The Bertz CT molecular complexity index is 1010. The van der Waals surface area contributed by atoms with Crippen LogP contribution in [0.5, 0.6) is 0 Å². The van der Waals surface area contributed by atoms with Crippen molar-refractivity contribution in [1.82, 2.24) is 5.32 Å². The van der Waals surface area contributed by atoms with Gasteiger partial charge in [-0.05, 0) is 25.2 Å². The molecule has 0 aliphatic rings. The van der Waals surface area contributed by atoms with Gasteiger partial charge in [0.2, 0.25) is 5.91 Å². The minimum absolute atomic E-state index is 0.0417. The number of amides is 1. The summed E-state index contributed by atoms with van der Waals surface area (Å²) in [5.41, 5.74) is 0. The summed E-state index contributed by atoms with van der Waals surface area (Å²) in [6.07, 6.45) is 42.1. The van der Waals surface area contributed by atoms with Crippen LogP contribution >= 0.6 is 7.82 Å². The predicted octanol–water partition coefficient (Wildman–Crippen LogP) is 12.5. The number of rotatable bonds is 45. The van der Waals surface area contributed by atoms with Gasteiger partial charge in [-0.25, -0.2) is 0 Å². The lowest BCUT2D eigenvalue weighted by Crippen LogP contribution is -2.49. The molecule has 4 atom stereocenters. The van der Waals surface area contributed by atoms with Crippen molar-refractivity contribution in [3.8, 4) is 0 Å². The quantitative estimate of drug-likeness (QED) is 0.0241. The van der Waals surface area contributed by atoms with E-state index in [0.717, 1.165) is 44.4 Å². The Morgan fingerprint density at radius 2 is 1.02 bits per heavy atom. The number of allylic oxidation sites excluding steroid dienone is 1. The molecule has 3 N–H and O–H groups in total. The maximum absolute atomic E-state index is 13.0. The van der Waals surface area contributed by atoms with E-state index in [4.69, 9.17) is 9.05 Å². The van der Waals surface area contributed by atoms with Crippen LogP contribution in [0.4, 0.5) is 0 Å². The van der Waals surface area contributed by atoms with Crippen LogP contribution in [0.1, 0.15) is 233 Å². The van der Waals surface area contributed by atoms with E-state index in [1.165, 1.54) is 167 Å². The molecule has 0 saturated heterocycles. The second kappa shape index (κ2) is 40.0. The zero-order valence-corrected chi connectivity index (χ0v) is 40.6. The van der Waals surface area contributed by atoms with E-state index in [0.29, 0.717) is 17.4 Å². The molecular formula is C49H99N2O7P. The lowest BCUT2D eigenvalue weighted by Gasteiger charge is -2.29. The zero-order valence-electron chi connectivity index (χ0n) is 39.8. The number of likely N-dealkylation sites (N-methyl/N-ethyl adjacent to an activating group) is 1. The molecule has 9 nitrogen and oxygen atoms in total. The SMILES string of the molecule is CCCCCCCCCCCCCCCCCCCCCCCCCC(O)C(=O)N[C@@H](COP(=O)([O-])OCC[N+](C)(C)C)[C@H](O)/C=C/CCCCCCCCCC(C)C. The fraction of sp³-hybridized carbons (Fsp3) is 0.939. The van der Waals surface area contributed by atoms with Gasteiger partial charge < -0.3 is 34.0 Å². The third kappa shape index (κ3) is 42.3. The van der Waals surface area contributed by atoms with Crippen molar-refractivity contribution in [3.63, 3.8) is 0 Å². The van der Waals surface area contributed by atoms with Crippen LogP contribution in [0, 0.1) is 5.92 Å². The first-order valence-electron chi connectivity index (χ1n) is 25.0. The molecule has 0 radical (unpaired) electrons. The summed E-state index contributed by atoms with van der Waals surface area (Å²) in [5.74, 6) is 0.139. The number of quaternary nitrogens is 1. The number of nitrogens with zero attached hydrogens (tertiary/aromatic N) is 1. The van der Waals surface area contributed by atoms with Crippen LogP contribution in [0.15, 0.2) is 12.2 Å². The smallest absolute Gasteiger partial charge is 0.268 e. The average Bonchev–Trinajstić information content (AvgIpc) is 3.17. The lowest BCUT2D eigenvalue weighted by atomic mass is 10.0. The molecule has 0 aromatic rings. The van der Waals surface area contributed by atoms with Crippen molar-refractivity contribution >= 4 is 13.7 Å². The van der Waals surface area contributed by atoms with Crippen molar-refractivity contribution in [3.05, 3.63) is 12.2 Å². The fourth-order valence-corrected chi connectivity index (χ4v) is 8.19. The highest BCUT2D eigenvalue weighted by atomic mass is 31.2. The van der Waals surface area contributed by atoms with E-state index in [1.807, 2.05) is 27.2 Å². The molecule has 2 unspecified atom stereocenters. The monoisotopic (exact) mass is 859 g/mol. The number of phosphoric acid groups is 1. The predicted molar refractivity (Wildman–Crippen MR) is 248 cm³/mol. The van der Waals surface area contributed by atoms with E-state index < -0.39 is 38.6 Å². The van der Waals surface area contributed by atoms with Gasteiger partial charge in [0.25, 0.3) is 7.82 Å². The summed E-state index contributed by atoms with van der Waals surface area (Å²) in [5, 5.41) is 24.2. The molecule has 1 amide bonds. The number of carbonyl (C=O) groups excluding carboxylic acids is 1. The van der Waals surface area contributed by atoms with Gasteiger partial charge in [0.1, 0.15) is 19.3 Å². The molecule has 0 heterocycles. The topological polar surface area (TPSA) is 128 Å². The normalized spacial score (nSPS) is 14.9. The Morgan fingerprint density at radius 1 is 0.627 bits per heavy atom. The number of nitrogens with one attached hydrogen (secondary N) is 1. The number of hydrogen-bond donors (Lipinski definition) is 3. The molecule has 352 valence electrons. The molecule has 0 saturated carbocycles.